The minimum Gasteiger partial charge on any atom is -0.350 e. The second-order valence-electron chi connectivity index (χ2n) is 9.67. The van der Waals surface area contributed by atoms with Crippen molar-refractivity contribution in [2.75, 3.05) is 17.1 Å². The summed E-state index contributed by atoms with van der Waals surface area (Å²) in [7, 11) is -3.75. The van der Waals surface area contributed by atoms with Crippen LogP contribution < -0.4 is 9.62 Å². The second kappa shape index (κ2) is 11.0. The van der Waals surface area contributed by atoms with E-state index in [2.05, 4.69) is 5.32 Å². The Morgan fingerprint density at radius 1 is 1.03 bits per heavy atom. The standard InChI is InChI=1S/C26H37N3O4S/c1-8-22-11-9-10-12-23(22)29(34(7,32)33)18-24(30)28(17-21-15-13-19(2)14-16-21)20(3)25(31)27-26(4,5)6/h9-16,20H,8,17-18H2,1-7H3,(H,27,31)/t20-/m1/s1. The van der Waals surface area contributed by atoms with E-state index in [1.54, 1.807) is 19.1 Å². The third kappa shape index (κ3) is 7.58. The Labute approximate surface area is 204 Å². The van der Waals surface area contributed by atoms with Crippen LogP contribution in [0.3, 0.4) is 0 Å². The summed E-state index contributed by atoms with van der Waals surface area (Å²) < 4.78 is 26.6. The largest absolute Gasteiger partial charge is 0.350 e. The van der Waals surface area contributed by atoms with Crippen LogP contribution in [-0.4, -0.2) is 49.5 Å². The van der Waals surface area contributed by atoms with Crippen molar-refractivity contribution >= 4 is 27.5 Å². The zero-order valence-electron chi connectivity index (χ0n) is 21.3. The monoisotopic (exact) mass is 487 g/mol. The number of hydrogen-bond acceptors (Lipinski definition) is 4. The molecule has 2 aromatic carbocycles. The van der Waals surface area contributed by atoms with Gasteiger partial charge in [-0.1, -0.05) is 55.0 Å². The molecule has 0 bridgehead atoms. The summed E-state index contributed by atoms with van der Waals surface area (Å²) in [5.41, 5.74) is 2.77. The summed E-state index contributed by atoms with van der Waals surface area (Å²) in [6, 6.07) is 14.0. The SMILES string of the molecule is CCc1ccccc1N(CC(=O)N(Cc1ccc(C)cc1)[C@H](C)C(=O)NC(C)(C)C)S(C)(=O)=O. The van der Waals surface area contributed by atoms with E-state index in [1.165, 1.54) is 4.90 Å². The maximum absolute atomic E-state index is 13.6. The second-order valence-corrected chi connectivity index (χ2v) is 11.6. The van der Waals surface area contributed by atoms with Gasteiger partial charge in [0, 0.05) is 12.1 Å². The highest BCUT2D eigenvalue weighted by Crippen LogP contribution is 2.24. The van der Waals surface area contributed by atoms with Gasteiger partial charge in [0.2, 0.25) is 21.8 Å². The van der Waals surface area contributed by atoms with Gasteiger partial charge in [-0.3, -0.25) is 13.9 Å². The van der Waals surface area contributed by atoms with Crippen molar-refractivity contribution in [3.8, 4) is 0 Å². The zero-order valence-corrected chi connectivity index (χ0v) is 22.1. The van der Waals surface area contributed by atoms with E-state index in [4.69, 9.17) is 0 Å². The van der Waals surface area contributed by atoms with Crippen LogP contribution in [0.15, 0.2) is 48.5 Å². The fraction of sp³-hybridized carbons (Fsp3) is 0.462. The van der Waals surface area contributed by atoms with Crippen molar-refractivity contribution in [3.63, 3.8) is 0 Å². The van der Waals surface area contributed by atoms with Crippen LogP contribution in [0.4, 0.5) is 5.69 Å². The summed E-state index contributed by atoms with van der Waals surface area (Å²) in [5.74, 6) is -0.749. The van der Waals surface area contributed by atoms with Crippen LogP contribution in [0.25, 0.3) is 0 Å². The molecule has 2 aromatic rings. The molecule has 2 rings (SSSR count). The molecule has 1 atom stereocenters. The lowest BCUT2D eigenvalue weighted by Crippen LogP contribution is -2.54. The van der Waals surface area contributed by atoms with Crippen molar-refractivity contribution < 1.29 is 18.0 Å². The Hall–Kier alpha value is -2.87. The van der Waals surface area contributed by atoms with Crippen LogP contribution in [0.5, 0.6) is 0 Å². The smallest absolute Gasteiger partial charge is 0.244 e. The number of aryl methyl sites for hydroxylation is 2. The summed E-state index contributed by atoms with van der Waals surface area (Å²) >= 11 is 0. The van der Waals surface area contributed by atoms with Crippen LogP contribution in [0, 0.1) is 6.92 Å². The maximum Gasteiger partial charge on any atom is 0.244 e. The van der Waals surface area contributed by atoms with Crippen molar-refractivity contribution in [2.45, 2.75) is 66.1 Å². The Morgan fingerprint density at radius 2 is 1.62 bits per heavy atom. The molecular weight excluding hydrogens is 450 g/mol. The lowest BCUT2D eigenvalue weighted by Gasteiger charge is -2.33. The molecule has 0 aliphatic carbocycles. The number of amides is 2. The molecule has 0 radical (unpaired) electrons. The van der Waals surface area contributed by atoms with Crippen LogP contribution in [0.2, 0.25) is 0 Å². The molecule has 0 aliphatic rings. The third-order valence-corrected chi connectivity index (χ3v) is 6.59. The Kier molecular flexibility index (Phi) is 8.89. The first-order chi connectivity index (χ1) is 15.7. The molecular formula is C26H37N3O4S. The van der Waals surface area contributed by atoms with E-state index < -0.39 is 34.1 Å². The number of hydrogen-bond donors (Lipinski definition) is 1. The van der Waals surface area contributed by atoms with E-state index in [-0.39, 0.29) is 12.5 Å². The van der Waals surface area contributed by atoms with Crippen LogP contribution in [-0.2, 0) is 32.6 Å². The molecule has 7 nitrogen and oxygen atoms in total. The van der Waals surface area contributed by atoms with E-state index in [0.29, 0.717) is 12.1 Å². The molecule has 34 heavy (non-hydrogen) atoms. The van der Waals surface area contributed by atoms with Crippen molar-refractivity contribution in [1.82, 2.24) is 10.2 Å². The summed E-state index contributed by atoms with van der Waals surface area (Å²) in [4.78, 5) is 28.0. The average molecular weight is 488 g/mol. The predicted octanol–water partition coefficient (Wildman–Crippen LogP) is 3.66. The number of sulfonamides is 1. The van der Waals surface area contributed by atoms with Gasteiger partial charge >= 0.3 is 0 Å². The van der Waals surface area contributed by atoms with Gasteiger partial charge in [0.1, 0.15) is 12.6 Å². The quantitative estimate of drug-likeness (QED) is 0.585. The zero-order chi connectivity index (χ0) is 25.7. The van der Waals surface area contributed by atoms with Gasteiger partial charge in [-0.15, -0.1) is 0 Å². The van der Waals surface area contributed by atoms with Gasteiger partial charge in [-0.2, -0.15) is 0 Å². The number of anilines is 1. The summed E-state index contributed by atoms with van der Waals surface area (Å²) in [6.45, 7) is 11.0. The van der Waals surface area contributed by atoms with E-state index in [0.717, 1.165) is 27.3 Å². The van der Waals surface area contributed by atoms with Crippen LogP contribution >= 0.6 is 0 Å². The fourth-order valence-corrected chi connectivity index (χ4v) is 4.48. The molecule has 8 heteroatoms. The summed E-state index contributed by atoms with van der Waals surface area (Å²) in [6.07, 6.45) is 1.71. The first kappa shape index (κ1) is 27.4. The Bertz CT molecular complexity index is 1110. The van der Waals surface area contributed by atoms with E-state index in [9.17, 15) is 18.0 Å². The molecule has 0 saturated heterocycles. The molecule has 0 spiro atoms. The molecule has 0 aromatic heterocycles. The number of para-hydroxylation sites is 1. The first-order valence-electron chi connectivity index (χ1n) is 11.5. The van der Waals surface area contributed by atoms with E-state index in [1.807, 2.05) is 71.0 Å². The maximum atomic E-state index is 13.6. The minimum absolute atomic E-state index is 0.185. The molecule has 0 fully saturated rings. The number of nitrogens with zero attached hydrogens (tertiary/aromatic N) is 2. The van der Waals surface area contributed by atoms with Crippen molar-refractivity contribution in [2.24, 2.45) is 0 Å². The number of benzene rings is 2. The van der Waals surface area contributed by atoms with Gasteiger partial charge in [0.25, 0.3) is 0 Å². The Morgan fingerprint density at radius 3 is 2.15 bits per heavy atom. The van der Waals surface area contributed by atoms with Gasteiger partial charge in [-0.05, 0) is 58.2 Å². The number of nitrogens with one attached hydrogen (secondary N) is 1. The number of rotatable bonds is 9. The first-order valence-corrected chi connectivity index (χ1v) is 13.3. The van der Waals surface area contributed by atoms with E-state index >= 15 is 0 Å². The Balaban J connectivity index is 2.43. The van der Waals surface area contributed by atoms with Gasteiger partial charge in [0.05, 0.1) is 11.9 Å². The predicted molar refractivity (Wildman–Crippen MR) is 137 cm³/mol. The molecule has 1 N–H and O–H groups in total. The molecule has 0 heterocycles. The van der Waals surface area contributed by atoms with Crippen molar-refractivity contribution in [3.05, 3.63) is 65.2 Å². The molecule has 0 saturated carbocycles. The fourth-order valence-electron chi connectivity index (χ4n) is 3.59. The lowest BCUT2D eigenvalue weighted by atomic mass is 10.1. The molecule has 0 unspecified atom stereocenters. The van der Waals surface area contributed by atoms with Gasteiger partial charge in [0.15, 0.2) is 0 Å². The lowest BCUT2D eigenvalue weighted by molar-refractivity contribution is -0.140. The highest BCUT2D eigenvalue weighted by molar-refractivity contribution is 7.92. The molecule has 2 amide bonds. The number of carbonyl (C=O) groups excluding carboxylic acids is 2. The summed E-state index contributed by atoms with van der Waals surface area (Å²) in [5, 5.41) is 2.92. The van der Waals surface area contributed by atoms with Crippen molar-refractivity contribution in [1.29, 1.82) is 0 Å². The molecule has 186 valence electrons. The van der Waals surface area contributed by atoms with Gasteiger partial charge < -0.3 is 10.2 Å². The number of carbonyl (C=O) groups is 2. The average Bonchev–Trinajstić information content (AvgIpc) is 2.74. The third-order valence-electron chi connectivity index (χ3n) is 5.46. The highest BCUT2D eigenvalue weighted by atomic mass is 32.2. The molecule has 0 aliphatic heterocycles. The minimum atomic E-state index is -3.75. The van der Waals surface area contributed by atoms with Gasteiger partial charge in [-0.25, -0.2) is 8.42 Å². The highest BCUT2D eigenvalue weighted by Gasteiger charge is 2.31. The van der Waals surface area contributed by atoms with Crippen LogP contribution in [0.1, 0.15) is 51.3 Å². The normalized spacial score (nSPS) is 12.7. The topological polar surface area (TPSA) is 86.8 Å².